The van der Waals surface area contributed by atoms with Crippen molar-refractivity contribution in [3.05, 3.63) is 130 Å². The summed E-state index contributed by atoms with van der Waals surface area (Å²) in [5.41, 5.74) is 4.88. The molecule has 4 heteroatoms. The molecule has 0 fully saturated rings. The third kappa shape index (κ3) is 7.52. The molecule has 0 bridgehead atoms. The number of carbonyl (C=O) groups excluding carboxylic acids is 2. The van der Waals surface area contributed by atoms with Gasteiger partial charge in [-0.2, -0.15) is 0 Å². The van der Waals surface area contributed by atoms with Crippen LogP contribution in [0.1, 0.15) is 96.3 Å². The summed E-state index contributed by atoms with van der Waals surface area (Å²) in [6.45, 7) is 8.55. The third-order valence-electron chi connectivity index (χ3n) is 7.63. The van der Waals surface area contributed by atoms with E-state index in [9.17, 15) is 9.59 Å². The molecule has 0 unspecified atom stereocenters. The molecule has 0 aliphatic rings. The van der Waals surface area contributed by atoms with Crippen LogP contribution in [0, 0.1) is 0 Å². The number of esters is 2. The molecule has 0 N–H and O–H groups in total. The quantitative estimate of drug-likeness (QED) is 0.131. The average Bonchev–Trinajstić information content (AvgIpc) is 3.00. The van der Waals surface area contributed by atoms with Gasteiger partial charge in [0.05, 0.1) is 11.1 Å². The van der Waals surface area contributed by atoms with Crippen LogP contribution < -0.4 is 9.47 Å². The van der Waals surface area contributed by atoms with E-state index in [0.29, 0.717) is 22.6 Å². The number of hydrogen-bond donors (Lipinski definition) is 0. The number of ether oxygens (including phenoxy) is 2. The molecule has 4 rings (SSSR count). The summed E-state index contributed by atoms with van der Waals surface area (Å²) in [7, 11) is 0. The molecule has 0 saturated heterocycles. The minimum Gasteiger partial charge on any atom is -0.423 e. The molecule has 0 aliphatic carbocycles. The average molecular weight is 549 g/mol. The summed E-state index contributed by atoms with van der Waals surface area (Å²) in [4.78, 5) is 25.8. The molecular formula is C37H40O4. The Hall–Kier alpha value is -4.18. The van der Waals surface area contributed by atoms with Crippen LogP contribution in [0.4, 0.5) is 0 Å². The van der Waals surface area contributed by atoms with Crippen LogP contribution in [0.2, 0.25) is 0 Å². The second-order valence-electron chi connectivity index (χ2n) is 11.0. The van der Waals surface area contributed by atoms with Gasteiger partial charge in [-0.05, 0) is 84.3 Å². The monoisotopic (exact) mass is 548 g/mol. The van der Waals surface area contributed by atoms with Crippen LogP contribution >= 0.6 is 0 Å². The maximum absolute atomic E-state index is 12.9. The van der Waals surface area contributed by atoms with Gasteiger partial charge in [-0.1, -0.05) is 101 Å². The van der Waals surface area contributed by atoms with Gasteiger partial charge in [0.1, 0.15) is 11.5 Å². The van der Waals surface area contributed by atoms with Crippen molar-refractivity contribution in [1.29, 1.82) is 0 Å². The first-order valence-corrected chi connectivity index (χ1v) is 14.6. The lowest BCUT2D eigenvalue weighted by molar-refractivity contribution is 0.0723. The van der Waals surface area contributed by atoms with E-state index in [1.54, 1.807) is 0 Å². The smallest absolute Gasteiger partial charge is 0.343 e. The highest BCUT2D eigenvalue weighted by molar-refractivity contribution is 5.92. The number of para-hydroxylation sites is 2. The molecule has 0 saturated carbocycles. The first-order chi connectivity index (χ1) is 19.8. The van der Waals surface area contributed by atoms with Gasteiger partial charge in [0, 0.05) is 5.41 Å². The van der Waals surface area contributed by atoms with E-state index in [2.05, 4.69) is 27.7 Å². The second kappa shape index (κ2) is 13.9. The lowest BCUT2D eigenvalue weighted by atomic mass is 9.78. The first-order valence-electron chi connectivity index (χ1n) is 14.6. The summed E-state index contributed by atoms with van der Waals surface area (Å²) < 4.78 is 11.5. The fraction of sp³-hybridized carbons (Fsp3) is 0.297. The molecule has 4 aromatic rings. The van der Waals surface area contributed by atoms with Crippen molar-refractivity contribution in [3.8, 4) is 11.5 Å². The molecule has 4 aromatic carbocycles. The fourth-order valence-corrected chi connectivity index (χ4v) is 4.88. The predicted molar refractivity (Wildman–Crippen MR) is 165 cm³/mol. The minimum atomic E-state index is -0.363. The molecule has 0 radical (unpaired) electrons. The maximum Gasteiger partial charge on any atom is 0.343 e. The van der Waals surface area contributed by atoms with Gasteiger partial charge in [0.2, 0.25) is 0 Å². The van der Waals surface area contributed by atoms with Gasteiger partial charge < -0.3 is 9.47 Å². The fourth-order valence-electron chi connectivity index (χ4n) is 4.88. The molecule has 0 atom stereocenters. The highest BCUT2D eigenvalue weighted by Gasteiger charge is 2.24. The zero-order chi connectivity index (χ0) is 29.2. The molecule has 4 nitrogen and oxygen atoms in total. The number of aryl methyl sites for hydroxylation is 2. The lowest BCUT2D eigenvalue weighted by Gasteiger charge is -2.26. The van der Waals surface area contributed by atoms with Gasteiger partial charge in [-0.3, -0.25) is 0 Å². The van der Waals surface area contributed by atoms with Crippen molar-refractivity contribution in [3.63, 3.8) is 0 Å². The van der Waals surface area contributed by atoms with E-state index in [0.717, 1.165) is 60.8 Å². The van der Waals surface area contributed by atoms with Crippen molar-refractivity contribution < 1.29 is 19.1 Å². The van der Waals surface area contributed by atoms with Gasteiger partial charge in [0.25, 0.3) is 0 Å². The van der Waals surface area contributed by atoms with Crippen LogP contribution in [-0.2, 0) is 18.3 Å². The number of benzene rings is 4. The van der Waals surface area contributed by atoms with Crippen molar-refractivity contribution >= 4 is 11.9 Å². The van der Waals surface area contributed by atoms with E-state index in [1.807, 2.05) is 97.1 Å². The number of rotatable bonds is 12. The lowest BCUT2D eigenvalue weighted by Crippen LogP contribution is -2.20. The second-order valence-corrected chi connectivity index (χ2v) is 11.0. The topological polar surface area (TPSA) is 52.6 Å². The van der Waals surface area contributed by atoms with Crippen molar-refractivity contribution in [1.82, 2.24) is 0 Å². The maximum atomic E-state index is 12.9. The van der Waals surface area contributed by atoms with Gasteiger partial charge in [-0.15, -0.1) is 0 Å². The molecule has 0 aromatic heterocycles. The Morgan fingerprint density at radius 1 is 0.561 bits per heavy atom. The molecule has 41 heavy (non-hydrogen) atoms. The minimum absolute atomic E-state index is 0.343. The molecule has 0 spiro atoms. The first kappa shape index (κ1) is 29.8. The highest BCUT2D eigenvalue weighted by atomic mass is 16.5. The summed E-state index contributed by atoms with van der Waals surface area (Å²) in [6.07, 6.45) is 6.03. The van der Waals surface area contributed by atoms with Crippen molar-refractivity contribution in [2.24, 2.45) is 0 Å². The largest absolute Gasteiger partial charge is 0.423 e. The van der Waals surface area contributed by atoms with Crippen LogP contribution in [0.25, 0.3) is 0 Å². The Balaban J connectivity index is 1.43. The SMILES string of the molecule is CCCCc1ccccc1OC(=O)c1ccc(C(C)(C)c2ccc(C(=O)Oc3ccccc3CCCC)cc2)cc1. The van der Waals surface area contributed by atoms with Crippen molar-refractivity contribution in [2.45, 2.75) is 71.6 Å². The summed E-state index contributed by atoms with van der Waals surface area (Å²) in [5.74, 6) is 0.520. The Morgan fingerprint density at radius 3 is 1.29 bits per heavy atom. The summed E-state index contributed by atoms with van der Waals surface area (Å²) in [5, 5.41) is 0. The molecule has 0 aliphatic heterocycles. The zero-order valence-corrected chi connectivity index (χ0v) is 24.6. The summed E-state index contributed by atoms with van der Waals surface area (Å²) >= 11 is 0. The zero-order valence-electron chi connectivity index (χ0n) is 24.6. The van der Waals surface area contributed by atoms with E-state index in [4.69, 9.17) is 9.47 Å². The Labute approximate surface area is 244 Å². The van der Waals surface area contributed by atoms with Crippen molar-refractivity contribution in [2.75, 3.05) is 0 Å². The van der Waals surface area contributed by atoms with Gasteiger partial charge in [-0.25, -0.2) is 9.59 Å². The van der Waals surface area contributed by atoms with Crippen LogP contribution in [0.5, 0.6) is 11.5 Å². The van der Waals surface area contributed by atoms with Crippen LogP contribution in [0.3, 0.4) is 0 Å². The predicted octanol–water partition coefficient (Wildman–Crippen LogP) is 9.14. The normalized spacial score (nSPS) is 11.2. The van der Waals surface area contributed by atoms with E-state index in [-0.39, 0.29) is 17.4 Å². The molecular weight excluding hydrogens is 508 g/mol. The summed E-state index contributed by atoms with van der Waals surface area (Å²) in [6, 6.07) is 30.6. The standard InChI is InChI=1S/C37H40O4/c1-5-7-13-27-15-9-11-17-33(27)40-35(38)29-19-23-31(24-20-29)37(3,4)32-25-21-30(22-26-32)36(39)41-34-18-12-10-16-28(34)14-8-6-2/h9-12,15-26H,5-8,13-14H2,1-4H3. The van der Waals surface area contributed by atoms with E-state index >= 15 is 0 Å². The van der Waals surface area contributed by atoms with Crippen LogP contribution in [-0.4, -0.2) is 11.9 Å². The number of carbonyl (C=O) groups is 2. The van der Waals surface area contributed by atoms with Gasteiger partial charge >= 0.3 is 11.9 Å². The van der Waals surface area contributed by atoms with E-state index in [1.165, 1.54) is 0 Å². The number of hydrogen-bond acceptors (Lipinski definition) is 4. The molecule has 0 heterocycles. The highest BCUT2D eigenvalue weighted by Crippen LogP contribution is 2.32. The Kier molecular flexibility index (Phi) is 10.1. The Morgan fingerprint density at radius 2 is 0.927 bits per heavy atom. The third-order valence-corrected chi connectivity index (χ3v) is 7.63. The van der Waals surface area contributed by atoms with Crippen LogP contribution in [0.15, 0.2) is 97.1 Å². The molecule has 0 amide bonds. The van der Waals surface area contributed by atoms with Gasteiger partial charge in [0.15, 0.2) is 0 Å². The molecule has 212 valence electrons. The number of unbranched alkanes of at least 4 members (excludes halogenated alkanes) is 2. The van der Waals surface area contributed by atoms with E-state index < -0.39 is 0 Å². The Bertz CT molecular complexity index is 1340.